The highest BCUT2D eigenvalue weighted by molar-refractivity contribution is 5.97. The van der Waals surface area contributed by atoms with Gasteiger partial charge in [-0.2, -0.15) is 31.3 Å². The number of carbonyl (C=O) groups excluding carboxylic acids is 1. The lowest BCUT2D eigenvalue weighted by Gasteiger charge is -2.33. The summed E-state index contributed by atoms with van der Waals surface area (Å²) in [6, 6.07) is 15.7. The number of alkyl halides is 6. The molecule has 1 amide bonds. The molecule has 1 aromatic heterocycles. The van der Waals surface area contributed by atoms with E-state index in [0.717, 1.165) is 47.7 Å². The number of carboxylic acids is 2. The number of nitrogens with two attached hydrogens (primary N) is 1. The topological polar surface area (TPSA) is 203 Å². The molecule has 4 rings (SSSR count). The number of nitrogens with zero attached hydrogens (tertiary/aromatic N) is 2. The fourth-order valence-corrected chi connectivity index (χ4v) is 4.37. The second kappa shape index (κ2) is 16.4. The number of rotatable bonds is 6. The van der Waals surface area contributed by atoms with E-state index in [9.17, 15) is 31.1 Å². The molecule has 0 radical (unpaired) electrons. The van der Waals surface area contributed by atoms with Gasteiger partial charge in [0.05, 0.1) is 11.4 Å². The zero-order valence-corrected chi connectivity index (χ0v) is 25.0. The Morgan fingerprint density at radius 2 is 1.45 bits per heavy atom. The Labute approximate surface area is 264 Å². The lowest BCUT2D eigenvalue weighted by Crippen LogP contribution is -2.50. The molecule has 1 saturated carbocycles. The van der Waals surface area contributed by atoms with E-state index in [0.29, 0.717) is 5.82 Å². The summed E-state index contributed by atoms with van der Waals surface area (Å²) in [4.78, 5) is 40.0. The van der Waals surface area contributed by atoms with Gasteiger partial charge in [0.2, 0.25) is 11.9 Å². The molecule has 3 atom stereocenters. The molecule has 0 aliphatic heterocycles. The number of halogens is 6. The van der Waals surface area contributed by atoms with Crippen LogP contribution in [0.4, 0.5) is 38.1 Å². The summed E-state index contributed by atoms with van der Waals surface area (Å²) < 4.78 is 63.5. The fourth-order valence-electron chi connectivity index (χ4n) is 4.37. The summed E-state index contributed by atoms with van der Waals surface area (Å²) in [6.45, 7) is 3.90. The van der Waals surface area contributed by atoms with Crippen LogP contribution in [-0.2, 0) is 14.4 Å². The molecule has 18 heteroatoms. The number of aryl methyl sites for hydroxylation is 1. The monoisotopic (exact) mass is 673 g/mol. The van der Waals surface area contributed by atoms with Crippen LogP contribution in [0.5, 0.6) is 0 Å². The van der Waals surface area contributed by atoms with E-state index >= 15 is 0 Å². The average Bonchev–Trinajstić information content (AvgIpc) is 2.98. The summed E-state index contributed by atoms with van der Waals surface area (Å²) in [5.41, 5.74) is 8.41. The van der Waals surface area contributed by atoms with Crippen LogP contribution in [-0.4, -0.2) is 68.4 Å². The van der Waals surface area contributed by atoms with Gasteiger partial charge in [-0.1, -0.05) is 54.8 Å². The van der Waals surface area contributed by atoms with Gasteiger partial charge in [-0.05, 0) is 44.4 Å². The molecule has 3 unspecified atom stereocenters. The zero-order valence-electron chi connectivity index (χ0n) is 25.0. The van der Waals surface area contributed by atoms with Crippen LogP contribution in [0.15, 0.2) is 48.5 Å². The Morgan fingerprint density at radius 1 is 0.915 bits per heavy atom. The van der Waals surface area contributed by atoms with Gasteiger partial charge in [0.25, 0.3) is 0 Å². The number of guanidine groups is 1. The number of amides is 1. The van der Waals surface area contributed by atoms with Crippen LogP contribution in [0, 0.1) is 12.3 Å². The number of anilines is 2. The van der Waals surface area contributed by atoms with Crippen molar-refractivity contribution in [2.45, 2.75) is 69.9 Å². The van der Waals surface area contributed by atoms with Crippen LogP contribution in [0.25, 0.3) is 10.9 Å². The standard InChI is InChI=1S/C25H31N7O.2C2HF3O2/c1-15-12-13-19-18(14-15)22(28-20-10-6-7-11-21(20)29-24(26)27)31-25(30-19)32-23(33)16(2)17-8-4-3-5-9-17;2*3-2(4,5)1(6)7/h3-5,8-9,12-14,16,20-21H,6-7,10-11H2,1-2H3,(H4,26,27,29)(H2,28,30,31,32,33);2*(H,6,7). The largest absolute Gasteiger partial charge is 0.490 e. The van der Waals surface area contributed by atoms with Crippen molar-refractivity contribution >= 4 is 46.5 Å². The van der Waals surface area contributed by atoms with Crippen molar-refractivity contribution in [2.24, 2.45) is 5.73 Å². The van der Waals surface area contributed by atoms with Gasteiger partial charge >= 0.3 is 24.3 Å². The van der Waals surface area contributed by atoms with Gasteiger partial charge in [-0.15, -0.1) is 0 Å². The first-order valence-electron chi connectivity index (χ1n) is 13.9. The molecule has 8 N–H and O–H groups in total. The number of hydrogen-bond acceptors (Lipinski definition) is 7. The molecule has 1 aliphatic carbocycles. The maximum atomic E-state index is 12.9. The Bertz CT molecular complexity index is 1530. The maximum Gasteiger partial charge on any atom is 0.490 e. The highest BCUT2D eigenvalue weighted by Crippen LogP contribution is 2.28. The number of carbonyl (C=O) groups is 3. The minimum atomic E-state index is -5.08. The number of hydrogen-bond donors (Lipinski definition) is 7. The number of benzene rings is 2. The van der Waals surface area contributed by atoms with E-state index < -0.39 is 24.3 Å². The van der Waals surface area contributed by atoms with Gasteiger partial charge in [0, 0.05) is 17.5 Å². The first-order chi connectivity index (χ1) is 21.8. The first-order valence-corrected chi connectivity index (χ1v) is 13.9. The molecule has 12 nitrogen and oxygen atoms in total. The summed E-state index contributed by atoms with van der Waals surface area (Å²) in [7, 11) is 0. The molecule has 0 bridgehead atoms. The predicted molar refractivity (Wildman–Crippen MR) is 160 cm³/mol. The van der Waals surface area contributed by atoms with Crippen molar-refractivity contribution in [3.8, 4) is 0 Å². The normalized spacial score (nSPS) is 16.7. The van der Waals surface area contributed by atoms with E-state index in [-0.39, 0.29) is 35.8 Å². The van der Waals surface area contributed by atoms with Gasteiger partial charge in [-0.3, -0.25) is 15.5 Å². The minimum Gasteiger partial charge on any atom is -0.475 e. The van der Waals surface area contributed by atoms with Crippen molar-refractivity contribution in [3.05, 3.63) is 59.7 Å². The number of aromatic nitrogens is 2. The molecule has 1 aliphatic rings. The number of carboxylic acid groups (broad SMARTS) is 2. The minimum absolute atomic E-state index is 0.0278. The van der Waals surface area contributed by atoms with Gasteiger partial charge in [0.1, 0.15) is 5.82 Å². The fraction of sp³-hybridized carbons (Fsp3) is 0.379. The van der Waals surface area contributed by atoms with Crippen molar-refractivity contribution in [3.63, 3.8) is 0 Å². The third kappa shape index (κ3) is 12.3. The third-order valence-electron chi connectivity index (χ3n) is 6.69. The Balaban J connectivity index is 0.000000459. The summed E-state index contributed by atoms with van der Waals surface area (Å²) in [5, 5.41) is 32.3. The zero-order chi connectivity index (χ0) is 35.5. The molecule has 2 aromatic carbocycles. The number of nitrogens with one attached hydrogen (secondary N) is 4. The van der Waals surface area contributed by atoms with Crippen LogP contribution in [0.2, 0.25) is 0 Å². The Morgan fingerprint density at radius 3 is 1.96 bits per heavy atom. The van der Waals surface area contributed by atoms with Crippen LogP contribution >= 0.6 is 0 Å². The SMILES string of the molecule is Cc1ccc2nc(NC(=O)C(C)c3ccccc3)nc(NC3CCCCC3NC(=N)N)c2c1.O=C(O)C(F)(F)F.O=C(O)C(F)(F)F. The molecule has 256 valence electrons. The van der Waals surface area contributed by atoms with E-state index in [2.05, 4.69) is 20.9 Å². The van der Waals surface area contributed by atoms with E-state index in [1.54, 1.807) is 0 Å². The van der Waals surface area contributed by atoms with E-state index in [4.69, 9.17) is 35.9 Å². The van der Waals surface area contributed by atoms with Crippen molar-refractivity contribution < 1.29 is 50.9 Å². The highest BCUT2D eigenvalue weighted by Gasteiger charge is 2.39. The molecule has 0 spiro atoms. The summed E-state index contributed by atoms with van der Waals surface area (Å²) in [6.07, 6.45) is -6.12. The average molecular weight is 674 g/mol. The molecule has 1 fully saturated rings. The van der Waals surface area contributed by atoms with Crippen LogP contribution in [0.1, 0.15) is 49.7 Å². The van der Waals surface area contributed by atoms with Gasteiger partial charge in [0.15, 0.2) is 5.96 Å². The highest BCUT2D eigenvalue weighted by atomic mass is 19.4. The Hall–Kier alpha value is -5.16. The molecule has 1 heterocycles. The van der Waals surface area contributed by atoms with Crippen molar-refractivity contribution in [1.29, 1.82) is 5.41 Å². The molecular weight excluding hydrogens is 640 g/mol. The predicted octanol–water partition coefficient (Wildman–Crippen LogP) is 5.15. The molecule has 3 aromatic rings. The van der Waals surface area contributed by atoms with E-state index in [1.807, 2.05) is 62.4 Å². The van der Waals surface area contributed by atoms with Crippen molar-refractivity contribution in [2.75, 3.05) is 10.6 Å². The van der Waals surface area contributed by atoms with Gasteiger partial charge in [-0.25, -0.2) is 14.6 Å². The second-order valence-corrected chi connectivity index (χ2v) is 10.3. The molecule has 47 heavy (non-hydrogen) atoms. The number of aliphatic carboxylic acids is 2. The van der Waals surface area contributed by atoms with Crippen LogP contribution in [0.3, 0.4) is 0 Å². The Kier molecular flexibility index (Phi) is 13.3. The van der Waals surface area contributed by atoms with Gasteiger partial charge < -0.3 is 26.6 Å². The molecular formula is C29H33F6N7O5. The van der Waals surface area contributed by atoms with Crippen molar-refractivity contribution in [1.82, 2.24) is 15.3 Å². The summed E-state index contributed by atoms with van der Waals surface area (Å²) in [5.74, 6) is -5.09. The first kappa shape index (κ1) is 38.0. The molecule has 0 saturated heterocycles. The smallest absolute Gasteiger partial charge is 0.475 e. The lowest BCUT2D eigenvalue weighted by molar-refractivity contribution is -0.193. The second-order valence-electron chi connectivity index (χ2n) is 10.3. The van der Waals surface area contributed by atoms with E-state index in [1.165, 1.54) is 0 Å². The van der Waals surface area contributed by atoms with Crippen LogP contribution < -0.4 is 21.7 Å². The third-order valence-corrected chi connectivity index (χ3v) is 6.69. The quantitative estimate of drug-likeness (QED) is 0.104. The maximum absolute atomic E-state index is 12.9. The lowest BCUT2D eigenvalue weighted by atomic mass is 9.90. The number of fused-ring (bicyclic) bond motifs is 1. The summed E-state index contributed by atoms with van der Waals surface area (Å²) >= 11 is 0.